The quantitative estimate of drug-likeness (QED) is 0.928. The van der Waals surface area contributed by atoms with Gasteiger partial charge in [0.15, 0.2) is 6.61 Å². The van der Waals surface area contributed by atoms with Crippen LogP contribution in [-0.2, 0) is 17.6 Å². The average Bonchev–Trinajstić information content (AvgIpc) is 2.46. The summed E-state index contributed by atoms with van der Waals surface area (Å²) in [5.74, 6) is 0.681. The van der Waals surface area contributed by atoms with E-state index in [1.165, 1.54) is 16.7 Å². The molecule has 1 heterocycles. The van der Waals surface area contributed by atoms with E-state index in [0.29, 0.717) is 0 Å². The molecule has 0 fully saturated rings. The first-order chi connectivity index (χ1) is 9.72. The minimum Gasteiger partial charge on any atom is -0.482 e. The number of carbonyl (C=O) groups excluding carboxylic acids is 1. The molecule has 0 saturated carbocycles. The first-order valence-corrected chi connectivity index (χ1v) is 6.82. The fraction of sp³-hybridized carbons (Fsp3) is 0.235. The fourth-order valence-electron chi connectivity index (χ4n) is 2.47. The van der Waals surface area contributed by atoms with Gasteiger partial charge in [-0.1, -0.05) is 30.3 Å². The summed E-state index contributed by atoms with van der Waals surface area (Å²) in [6.07, 6.45) is 1.95. The van der Waals surface area contributed by atoms with E-state index in [9.17, 15) is 4.79 Å². The molecule has 3 nitrogen and oxygen atoms in total. The highest BCUT2D eigenvalue weighted by atomic mass is 16.5. The molecule has 0 spiro atoms. The maximum atomic E-state index is 11.4. The smallest absolute Gasteiger partial charge is 0.262 e. The first-order valence-electron chi connectivity index (χ1n) is 6.82. The third-order valence-corrected chi connectivity index (χ3v) is 3.60. The summed E-state index contributed by atoms with van der Waals surface area (Å²) in [4.78, 5) is 11.4. The topological polar surface area (TPSA) is 38.3 Å². The summed E-state index contributed by atoms with van der Waals surface area (Å²) in [7, 11) is 0. The van der Waals surface area contributed by atoms with E-state index in [-0.39, 0.29) is 12.5 Å². The minimum atomic E-state index is -0.0876. The van der Waals surface area contributed by atoms with Crippen molar-refractivity contribution >= 4 is 11.6 Å². The van der Waals surface area contributed by atoms with Gasteiger partial charge in [0.25, 0.3) is 5.91 Å². The Bertz CT molecular complexity index is 635. The molecule has 1 amide bonds. The monoisotopic (exact) mass is 267 g/mol. The second-order valence-electron chi connectivity index (χ2n) is 5.10. The van der Waals surface area contributed by atoms with Crippen molar-refractivity contribution in [2.75, 3.05) is 11.9 Å². The van der Waals surface area contributed by atoms with Crippen molar-refractivity contribution in [2.45, 2.75) is 19.8 Å². The predicted octanol–water partition coefficient (Wildman–Crippen LogP) is 3.11. The molecule has 2 aromatic carbocycles. The van der Waals surface area contributed by atoms with Crippen molar-refractivity contribution in [3.63, 3.8) is 0 Å². The molecule has 0 atom stereocenters. The molecule has 20 heavy (non-hydrogen) atoms. The fourth-order valence-corrected chi connectivity index (χ4v) is 2.47. The van der Waals surface area contributed by atoms with Gasteiger partial charge in [-0.2, -0.15) is 0 Å². The average molecular weight is 267 g/mol. The van der Waals surface area contributed by atoms with E-state index >= 15 is 0 Å². The van der Waals surface area contributed by atoms with Crippen LogP contribution in [0.25, 0.3) is 0 Å². The van der Waals surface area contributed by atoms with Gasteiger partial charge < -0.3 is 10.1 Å². The molecule has 0 unspecified atom stereocenters. The van der Waals surface area contributed by atoms with Gasteiger partial charge in [-0.05, 0) is 48.6 Å². The number of carbonyl (C=O) groups is 1. The van der Waals surface area contributed by atoms with Crippen molar-refractivity contribution in [2.24, 2.45) is 0 Å². The molecule has 1 N–H and O–H groups in total. The number of amides is 1. The summed E-state index contributed by atoms with van der Waals surface area (Å²) >= 11 is 0. The molecule has 3 rings (SSSR count). The zero-order valence-corrected chi connectivity index (χ0v) is 11.5. The molecule has 0 aromatic heterocycles. The molecule has 0 bridgehead atoms. The number of aryl methyl sites for hydroxylation is 3. The van der Waals surface area contributed by atoms with Gasteiger partial charge in [-0.15, -0.1) is 0 Å². The second-order valence-corrected chi connectivity index (χ2v) is 5.10. The van der Waals surface area contributed by atoms with E-state index in [0.717, 1.165) is 24.3 Å². The van der Waals surface area contributed by atoms with Crippen LogP contribution in [0.15, 0.2) is 42.5 Å². The highest BCUT2D eigenvalue weighted by Crippen LogP contribution is 2.31. The Hall–Kier alpha value is -2.29. The van der Waals surface area contributed by atoms with Gasteiger partial charge in [0.1, 0.15) is 5.75 Å². The number of benzene rings is 2. The van der Waals surface area contributed by atoms with Gasteiger partial charge in [-0.25, -0.2) is 0 Å². The van der Waals surface area contributed by atoms with Gasteiger partial charge >= 0.3 is 0 Å². The van der Waals surface area contributed by atoms with Crippen LogP contribution in [0, 0.1) is 6.92 Å². The van der Waals surface area contributed by atoms with Crippen LogP contribution in [-0.4, -0.2) is 12.5 Å². The molecule has 2 aromatic rings. The Balaban J connectivity index is 1.80. The number of hydrogen-bond acceptors (Lipinski definition) is 2. The Morgan fingerprint density at radius 2 is 1.95 bits per heavy atom. The molecule has 1 aliphatic rings. The molecule has 0 radical (unpaired) electrons. The summed E-state index contributed by atoms with van der Waals surface area (Å²) in [6.45, 7) is 2.19. The van der Waals surface area contributed by atoms with Gasteiger partial charge in [0.05, 0.1) is 5.69 Å². The Morgan fingerprint density at radius 3 is 2.75 bits per heavy atom. The lowest BCUT2D eigenvalue weighted by Crippen LogP contribution is -2.25. The summed E-state index contributed by atoms with van der Waals surface area (Å²) in [5.41, 5.74) is 4.56. The molecule has 0 saturated heterocycles. The number of fused-ring (bicyclic) bond motifs is 1. The van der Waals surface area contributed by atoms with Crippen LogP contribution in [0.3, 0.4) is 0 Å². The zero-order chi connectivity index (χ0) is 13.9. The molecule has 3 heteroatoms. The SMILES string of the molecule is Cc1cc2c(cc1CCc1ccccc1)NC(=O)CO2. The van der Waals surface area contributed by atoms with E-state index in [1.807, 2.05) is 18.2 Å². The van der Waals surface area contributed by atoms with Crippen LogP contribution < -0.4 is 10.1 Å². The van der Waals surface area contributed by atoms with Crippen LogP contribution in [0.2, 0.25) is 0 Å². The predicted molar refractivity (Wildman–Crippen MR) is 79.2 cm³/mol. The van der Waals surface area contributed by atoms with Crippen molar-refractivity contribution < 1.29 is 9.53 Å². The van der Waals surface area contributed by atoms with Crippen molar-refractivity contribution in [3.8, 4) is 5.75 Å². The first kappa shape index (κ1) is 12.7. The molecular formula is C17H17NO2. The van der Waals surface area contributed by atoms with Gasteiger partial charge in [0, 0.05) is 0 Å². The second kappa shape index (κ2) is 5.37. The van der Waals surface area contributed by atoms with Crippen LogP contribution in [0.4, 0.5) is 5.69 Å². The lowest BCUT2D eigenvalue weighted by atomic mass is 9.99. The normalized spacial score (nSPS) is 13.3. The lowest BCUT2D eigenvalue weighted by molar-refractivity contribution is -0.118. The van der Waals surface area contributed by atoms with Crippen molar-refractivity contribution in [3.05, 3.63) is 59.2 Å². The Morgan fingerprint density at radius 1 is 1.15 bits per heavy atom. The van der Waals surface area contributed by atoms with E-state index in [1.54, 1.807) is 0 Å². The molecular weight excluding hydrogens is 250 g/mol. The number of anilines is 1. The number of rotatable bonds is 3. The highest BCUT2D eigenvalue weighted by Gasteiger charge is 2.17. The summed E-state index contributed by atoms with van der Waals surface area (Å²) < 4.78 is 5.42. The summed E-state index contributed by atoms with van der Waals surface area (Å²) in [5, 5.41) is 2.86. The van der Waals surface area contributed by atoms with E-state index in [2.05, 4.69) is 36.5 Å². The van der Waals surface area contributed by atoms with Gasteiger partial charge in [0.2, 0.25) is 0 Å². The Labute approximate surface area is 118 Å². The number of nitrogens with one attached hydrogen (secondary N) is 1. The van der Waals surface area contributed by atoms with Crippen LogP contribution in [0.1, 0.15) is 16.7 Å². The molecule has 102 valence electrons. The zero-order valence-electron chi connectivity index (χ0n) is 11.5. The molecule has 0 aliphatic carbocycles. The number of ether oxygens (including phenoxy) is 1. The van der Waals surface area contributed by atoms with Gasteiger partial charge in [-0.3, -0.25) is 4.79 Å². The standard InChI is InChI=1S/C17H17NO2/c1-12-9-16-15(18-17(19)11-20-16)10-14(12)8-7-13-5-3-2-4-6-13/h2-6,9-10H,7-8,11H2,1H3,(H,18,19). The van der Waals surface area contributed by atoms with Crippen LogP contribution in [0.5, 0.6) is 5.75 Å². The third kappa shape index (κ3) is 2.67. The van der Waals surface area contributed by atoms with Crippen molar-refractivity contribution in [1.29, 1.82) is 0 Å². The highest BCUT2D eigenvalue weighted by molar-refractivity contribution is 5.95. The van der Waals surface area contributed by atoms with E-state index < -0.39 is 0 Å². The van der Waals surface area contributed by atoms with Crippen molar-refractivity contribution in [1.82, 2.24) is 0 Å². The summed E-state index contributed by atoms with van der Waals surface area (Å²) in [6, 6.07) is 14.5. The minimum absolute atomic E-state index is 0.0876. The lowest BCUT2D eigenvalue weighted by Gasteiger charge is -2.20. The third-order valence-electron chi connectivity index (χ3n) is 3.60. The number of hydrogen-bond donors (Lipinski definition) is 1. The molecule has 1 aliphatic heterocycles. The van der Waals surface area contributed by atoms with E-state index in [4.69, 9.17) is 4.74 Å². The van der Waals surface area contributed by atoms with Crippen LogP contribution >= 0.6 is 0 Å². The largest absolute Gasteiger partial charge is 0.482 e. The Kier molecular flexibility index (Phi) is 3.42. The maximum Gasteiger partial charge on any atom is 0.262 e. The maximum absolute atomic E-state index is 11.4.